The number of benzene rings is 1. The van der Waals surface area contributed by atoms with Crippen molar-refractivity contribution in [3.05, 3.63) is 33.8 Å². The second kappa shape index (κ2) is 6.92. The second-order valence-electron chi connectivity index (χ2n) is 6.72. The molecule has 2 amide bonds. The number of likely N-dealkylation sites (tertiary alicyclic amines) is 1. The summed E-state index contributed by atoms with van der Waals surface area (Å²) < 4.78 is 45.2. The molecule has 2 rings (SSSR count). The van der Waals surface area contributed by atoms with Gasteiger partial charge in [-0.25, -0.2) is 4.79 Å². The van der Waals surface area contributed by atoms with Crippen molar-refractivity contribution in [1.29, 1.82) is 0 Å². The number of carbonyl (C=O) groups excluding carboxylic acids is 1. The molecular weight excluding hydrogens is 389 g/mol. The van der Waals surface area contributed by atoms with E-state index in [1.54, 1.807) is 0 Å². The van der Waals surface area contributed by atoms with Crippen molar-refractivity contribution in [1.82, 2.24) is 10.2 Å². The van der Waals surface area contributed by atoms with Crippen LogP contribution in [0.25, 0.3) is 0 Å². The van der Waals surface area contributed by atoms with Gasteiger partial charge in [-0.05, 0) is 38.5 Å². The molecule has 0 aliphatic carbocycles. The minimum Gasteiger partial charge on any atom is -0.369 e. The lowest BCUT2D eigenvalue weighted by Crippen LogP contribution is -2.59. The van der Waals surface area contributed by atoms with Gasteiger partial charge >= 0.3 is 12.2 Å². The van der Waals surface area contributed by atoms with Crippen LogP contribution in [0.2, 0.25) is 0 Å². The fourth-order valence-electron chi connectivity index (χ4n) is 2.43. The Kier molecular flexibility index (Phi) is 5.49. The van der Waals surface area contributed by atoms with E-state index in [0.29, 0.717) is 17.6 Å². The van der Waals surface area contributed by atoms with Crippen molar-refractivity contribution in [3.63, 3.8) is 0 Å². The number of hydrogen-bond donors (Lipinski definition) is 1. The van der Waals surface area contributed by atoms with Crippen LogP contribution < -0.4 is 5.32 Å². The maximum atomic E-state index is 13.0. The summed E-state index contributed by atoms with van der Waals surface area (Å²) in [4.78, 5) is 13.5. The second-order valence-corrected chi connectivity index (χ2v) is 7.63. The predicted molar refractivity (Wildman–Crippen MR) is 87.6 cm³/mol. The Hall–Kier alpha value is -1.28. The molecule has 1 aliphatic heterocycles. The zero-order chi connectivity index (χ0) is 18.1. The number of ether oxygens (including phenoxy) is 1. The van der Waals surface area contributed by atoms with Crippen LogP contribution in [0, 0.1) is 0 Å². The van der Waals surface area contributed by atoms with Crippen LogP contribution in [0.3, 0.4) is 0 Å². The van der Waals surface area contributed by atoms with Gasteiger partial charge in [-0.3, -0.25) is 0 Å². The summed E-state index contributed by atoms with van der Waals surface area (Å²) in [7, 11) is 0. The van der Waals surface area contributed by atoms with E-state index in [0.717, 1.165) is 6.07 Å². The number of alkyl halides is 3. The van der Waals surface area contributed by atoms with E-state index in [2.05, 4.69) is 21.2 Å². The number of urea groups is 1. The third-order valence-electron chi connectivity index (χ3n) is 3.46. The van der Waals surface area contributed by atoms with E-state index in [9.17, 15) is 18.0 Å². The van der Waals surface area contributed by atoms with Gasteiger partial charge in [0.1, 0.15) is 0 Å². The van der Waals surface area contributed by atoms with Crippen molar-refractivity contribution in [2.75, 3.05) is 13.1 Å². The molecule has 24 heavy (non-hydrogen) atoms. The molecule has 1 aromatic rings. The Morgan fingerprint density at radius 1 is 1.33 bits per heavy atom. The fourth-order valence-corrected chi connectivity index (χ4v) is 2.79. The highest BCUT2D eigenvalue weighted by atomic mass is 79.9. The van der Waals surface area contributed by atoms with E-state index in [1.165, 1.54) is 17.0 Å². The van der Waals surface area contributed by atoms with Crippen LogP contribution in [0.4, 0.5) is 18.0 Å². The van der Waals surface area contributed by atoms with Gasteiger partial charge in [-0.2, -0.15) is 13.2 Å². The SMILES string of the molecule is CC(C)(C)OC1CN(C(=O)NCc2ccc(Br)cc2C(F)(F)F)C1. The average molecular weight is 409 g/mol. The first-order chi connectivity index (χ1) is 11.0. The molecule has 1 fully saturated rings. The predicted octanol–water partition coefficient (Wildman–Crippen LogP) is 4.18. The lowest BCUT2D eigenvalue weighted by Gasteiger charge is -2.41. The van der Waals surface area contributed by atoms with Crippen LogP contribution in [0.1, 0.15) is 31.9 Å². The first-order valence-corrected chi connectivity index (χ1v) is 8.31. The van der Waals surface area contributed by atoms with Crippen LogP contribution in [-0.2, 0) is 17.5 Å². The molecule has 0 bridgehead atoms. The molecule has 134 valence electrons. The summed E-state index contributed by atoms with van der Waals surface area (Å²) in [5.41, 5.74) is -1.01. The number of carbonyl (C=O) groups is 1. The van der Waals surface area contributed by atoms with Crippen LogP contribution in [0.5, 0.6) is 0 Å². The first kappa shape index (κ1) is 19.1. The average Bonchev–Trinajstić information content (AvgIpc) is 2.38. The standard InChI is InChI=1S/C16H20BrF3N2O2/c1-15(2,3)24-12-8-22(9-12)14(23)21-7-10-4-5-11(17)6-13(10)16(18,19)20/h4-6,12H,7-9H2,1-3H3,(H,21,23). The van der Waals surface area contributed by atoms with Gasteiger partial charge in [0, 0.05) is 11.0 Å². The molecule has 1 saturated heterocycles. The molecule has 0 radical (unpaired) electrons. The number of hydrogen-bond acceptors (Lipinski definition) is 2. The van der Waals surface area contributed by atoms with Gasteiger partial charge in [0.05, 0.1) is 30.4 Å². The molecule has 0 atom stereocenters. The summed E-state index contributed by atoms with van der Waals surface area (Å²) in [6.45, 7) is 6.50. The van der Waals surface area contributed by atoms with Gasteiger partial charge < -0.3 is 15.0 Å². The Labute approximate surface area is 147 Å². The molecule has 4 nitrogen and oxygen atoms in total. The monoisotopic (exact) mass is 408 g/mol. The molecular formula is C16H20BrF3N2O2. The fraction of sp³-hybridized carbons (Fsp3) is 0.562. The van der Waals surface area contributed by atoms with E-state index in [1.807, 2.05) is 20.8 Å². The Morgan fingerprint density at radius 2 is 1.96 bits per heavy atom. The van der Waals surface area contributed by atoms with Gasteiger partial charge in [0.25, 0.3) is 0 Å². The van der Waals surface area contributed by atoms with E-state index < -0.39 is 11.7 Å². The minimum atomic E-state index is -4.47. The summed E-state index contributed by atoms with van der Waals surface area (Å²) in [5, 5.41) is 2.53. The molecule has 0 spiro atoms. The summed E-state index contributed by atoms with van der Waals surface area (Å²) in [5.74, 6) is 0. The first-order valence-electron chi connectivity index (χ1n) is 7.52. The molecule has 0 aromatic heterocycles. The smallest absolute Gasteiger partial charge is 0.369 e. The molecule has 8 heteroatoms. The highest BCUT2D eigenvalue weighted by Crippen LogP contribution is 2.33. The zero-order valence-corrected chi connectivity index (χ0v) is 15.3. The van der Waals surface area contributed by atoms with Crippen molar-refractivity contribution >= 4 is 22.0 Å². The van der Waals surface area contributed by atoms with Crippen LogP contribution in [0.15, 0.2) is 22.7 Å². The lowest BCUT2D eigenvalue weighted by atomic mass is 10.1. The molecule has 1 heterocycles. The van der Waals surface area contributed by atoms with E-state index in [-0.39, 0.29) is 29.8 Å². The molecule has 0 unspecified atom stereocenters. The van der Waals surface area contributed by atoms with Crippen LogP contribution in [-0.4, -0.2) is 35.7 Å². The van der Waals surface area contributed by atoms with Crippen molar-refractivity contribution in [2.45, 2.75) is 45.2 Å². The van der Waals surface area contributed by atoms with Gasteiger partial charge in [-0.1, -0.05) is 22.0 Å². The number of amides is 2. The van der Waals surface area contributed by atoms with Gasteiger partial charge in [0.15, 0.2) is 0 Å². The number of halogens is 4. The van der Waals surface area contributed by atoms with Crippen molar-refractivity contribution < 1.29 is 22.7 Å². The topological polar surface area (TPSA) is 41.6 Å². The Balaban J connectivity index is 1.90. The normalized spacial score (nSPS) is 16.0. The molecule has 1 N–H and O–H groups in total. The maximum absolute atomic E-state index is 13.0. The quantitative estimate of drug-likeness (QED) is 0.814. The number of rotatable bonds is 3. The van der Waals surface area contributed by atoms with Crippen LogP contribution >= 0.6 is 15.9 Å². The molecule has 0 saturated carbocycles. The lowest BCUT2D eigenvalue weighted by molar-refractivity contribution is -0.138. The molecule has 1 aliphatic rings. The number of nitrogens with one attached hydrogen (secondary N) is 1. The molecule has 1 aromatic carbocycles. The minimum absolute atomic E-state index is 0.0297. The zero-order valence-electron chi connectivity index (χ0n) is 13.7. The van der Waals surface area contributed by atoms with Crippen molar-refractivity contribution in [2.24, 2.45) is 0 Å². The summed E-state index contributed by atoms with van der Waals surface area (Å²) >= 11 is 3.03. The van der Waals surface area contributed by atoms with E-state index in [4.69, 9.17) is 4.74 Å². The summed E-state index contributed by atoms with van der Waals surface area (Å²) in [6.07, 6.45) is -4.50. The third kappa shape index (κ3) is 5.11. The van der Waals surface area contributed by atoms with E-state index >= 15 is 0 Å². The highest BCUT2D eigenvalue weighted by Gasteiger charge is 2.35. The van der Waals surface area contributed by atoms with Gasteiger partial charge in [-0.15, -0.1) is 0 Å². The number of nitrogens with zero attached hydrogens (tertiary/aromatic N) is 1. The highest BCUT2D eigenvalue weighted by molar-refractivity contribution is 9.10. The third-order valence-corrected chi connectivity index (χ3v) is 3.96. The Morgan fingerprint density at radius 3 is 2.50 bits per heavy atom. The maximum Gasteiger partial charge on any atom is 0.416 e. The summed E-state index contributed by atoms with van der Waals surface area (Å²) in [6, 6.07) is 3.50. The van der Waals surface area contributed by atoms with Gasteiger partial charge in [0.2, 0.25) is 0 Å². The largest absolute Gasteiger partial charge is 0.416 e. The Bertz CT molecular complexity index is 608. The van der Waals surface area contributed by atoms with Crippen molar-refractivity contribution in [3.8, 4) is 0 Å².